The largest absolute Gasteiger partial charge is 0.481 e. The van der Waals surface area contributed by atoms with Gasteiger partial charge < -0.3 is 5.11 Å². The van der Waals surface area contributed by atoms with Crippen molar-refractivity contribution in [2.24, 2.45) is 0 Å². The zero-order valence-corrected chi connectivity index (χ0v) is 9.34. The van der Waals surface area contributed by atoms with Gasteiger partial charge in [0.2, 0.25) is 0 Å². The van der Waals surface area contributed by atoms with Crippen LogP contribution in [0.1, 0.15) is 19.4 Å². The molecule has 0 fully saturated rings. The quantitative estimate of drug-likeness (QED) is 0.869. The molecule has 1 aromatic carbocycles. The lowest BCUT2D eigenvalue weighted by Gasteiger charge is -1.95. The van der Waals surface area contributed by atoms with Crippen molar-refractivity contribution < 1.29 is 9.90 Å². The Morgan fingerprint density at radius 1 is 1.46 bits per heavy atom. The van der Waals surface area contributed by atoms with Gasteiger partial charge in [-0.2, -0.15) is 0 Å². The van der Waals surface area contributed by atoms with Gasteiger partial charge in [-0.1, -0.05) is 41.9 Å². The molecule has 0 bridgehead atoms. The molecular formula is C10H13BrO2. The fourth-order valence-electron chi connectivity index (χ4n) is 0.822. The fourth-order valence-corrected chi connectivity index (χ4v) is 1.27. The number of carboxylic acids is 1. The van der Waals surface area contributed by atoms with E-state index in [1.807, 2.05) is 26.0 Å². The average molecular weight is 245 g/mol. The molecule has 0 amide bonds. The van der Waals surface area contributed by atoms with Gasteiger partial charge in [-0.05, 0) is 17.7 Å². The highest BCUT2D eigenvalue weighted by Crippen LogP contribution is 2.11. The molecule has 1 aromatic rings. The summed E-state index contributed by atoms with van der Waals surface area (Å²) in [7, 11) is 0. The van der Waals surface area contributed by atoms with Gasteiger partial charge in [0, 0.05) is 4.47 Å². The van der Waals surface area contributed by atoms with Gasteiger partial charge in [0.05, 0.1) is 6.42 Å². The Kier molecular flexibility index (Phi) is 6.24. The van der Waals surface area contributed by atoms with Crippen LogP contribution in [0.15, 0.2) is 28.7 Å². The van der Waals surface area contributed by atoms with Crippen molar-refractivity contribution in [2.45, 2.75) is 20.3 Å². The van der Waals surface area contributed by atoms with Crippen LogP contribution in [0.2, 0.25) is 0 Å². The van der Waals surface area contributed by atoms with Gasteiger partial charge in [-0.15, -0.1) is 0 Å². The smallest absolute Gasteiger partial charge is 0.307 e. The van der Waals surface area contributed by atoms with Crippen molar-refractivity contribution in [1.82, 2.24) is 0 Å². The zero-order chi connectivity index (χ0) is 10.3. The Morgan fingerprint density at radius 2 is 2.08 bits per heavy atom. The van der Waals surface area contributed by atoms with Crippen molar-refractivity contribution in [3.05, 3.63) is 34.3 Å². The summed E-state index contributed by atoms with van der Waals surface area (Å²) in [5, 5.41) is 8.44. The number of hydrogen-bond donors (Lipinski definition) is 1. The lowest BCUT2D eigenvalue weighted by atomic mass is 10.2. The monoisotopic (exact) mass is 244 g/mol. The summed E-state index contributed by atoms with van der Waals surface area (Å²) in [5.41, 5.74) is 0.812. The topological polar surface area (TPSA) is 37.3 Å². The summed E-state index contributed by atoms with van der Waals surface area (Å²) in [4.78, 5) is 10.3. The van der Waals surface area contributed by atoms with Crippen LogP contribution in [-0.4, -0.2) is 11.1 Å². The highest BCUT2D eigenvalue weighted by Gasteiger charge is 1.99. The van der Waals surface area contributed by atoms with E-state index in [4.69, 9.17) is 5.11 Å². The number of carbonyl (C=O) groups is 1. The summed E-state index contributed by atoms with van der Waals surface area (Å²) in [5.74, 6) is -0.803. The molecule has 0 radical (unpaired) electrons. The van der Waals surface area contributed by atoms with E-state index >= 15 is 0 Å². The van der Waals surface area contributed by atoms with Crippen LogP contribution in [0.4, 0.5) is 0 Å². The third kappa shape index (κ3) is 5.42. The van der Waals surface area contributed by atoms with E-state index in [-0.39, 0.29) is 6.42 Å². The first-order chi connectivity index (χ1) is 6.18. The Morgan fingerprint density at radius 3 is 2.54 bits per heavy atom. The number of carboxylic acid groups (broad SMARTS) is 1. The van der Waals surface area contributed by atoms with Gasteiger partial charge in [-0.3, -0.25) is 4.79 Å². The highest BCUT2D eigenvalue weighted by atomic mass is 79.9. The number of halogens is 1. The number of benzene rings is 1. The van der Waals surface area contributed by atoms with Crippen LogP contribution in [-0.2, 0) is 11.2 Å². The molecule has 0 spiro atoms. The first-order valence-electron chi connectivity index (χ1n) is 4.15. The fraction of sp³-hybridized carbons (Fsp3) is 0.300. The van der Waals surface area contributed by atoms with E-state index in [1.165, 1.54) is 0 Å². The Labute approximate surface area is 86.7 Å². The maximum absolute atomic E-state index is 10.3. The van der Waals surface area contributed by atoms with Crippen LogP contribution in [0.3, 0.4) is 0 Å². The SMILES string of the molecule is CC.O=C(O)Cc1cccc(Br)c1. The summed E-state index contributed by atoms with van der Waals surface area (Å²) in [6.07, 6.45) is 0.0828. The van der Waals surface area contributed by atoms with Crippen LogP contribution < -0.4 is 0 Å². The molecule has 0 heterocycles. The van der Waals surface area contributed by atoms with Crippen LogP contribution in [0, 0.1) is 0 Å². The second kappa shape index (κ2) is 6.66. The predicted molar refractivity (Wildman–Crippen MR) is 56.8 cm³/mol. The van der Waals surface area contributed by atoms with E-state index in [9.17, 15) is 4.79 Å². The normalized spacial score (nSPS) is 8.54. The maximum Gasteiger partial charge on any atom is 0.307 e. The third-order valence-electron chi connectivity index (χ3n) is 1.24. The summed E-state index contributed by atoms with van der Waals surface area (Å²) in [6.45, 7) is 4.00. The summed E-state index contributed by atoms with van der Waals surface area (Å²) in [6, 6.07) is 7.28. The van der Waals surface area contributed by atoms with Gasteiger partial charge in [-0.25, -0.2) is 0 Å². The van der Waals surface area contributed by atoms with Crippen molar-refractivity contribution in [3.8, 4) is 0 Å². The Balaban J connectivity index is 0.000000671. The first kappa shape index (κ1) is 12.2. The zero-order valence-electron chi connectivity index (χ0n) is 7.75. The molecule has 0 aliphatic carbocycles. The molecular weight excluding hydrogens is 232 g/mol. The molecule has 0 saturated carbocycles. The molecule has 13 heavy (non-hydrogen) atoms. The summed E-state index contributed by atoms with van der Waals surface area (Å²) >= 11 is 3.26. The van der Waals surface area contributed by atoms with Crippen molar-refractivity contribution in [2.75, 3.05) is 0 Å². The molecule has 0 aliphatic heterocycles. The van der Waals surface area contributed by atoms with Gasteiger partial charge in [0.15, 0.2) is 0 Å². The number of aliphatic carboxylic acids is 1. The van der Waals surface area contributed by atoms with Gasteiger partial charge >= 0.3 is 5.97 Å². The molecule has 72 valence electrons. The number of hydrogen-bond acceptors (Lipinski definition) is 1. The molecule has 0 aromatic heterocycles. The van der Waals surface area contributed by atoms with Crippen LogP contribution in [0.5, 0.6) is 0 Å². The maximum atomic E-state index is 10.3. The first-order valence-corrected chi connectivity index (χ1v) is 4.94. The number of rotatable bonds is 2. The lowest BCUT2D eigenvalue weighted by Crippen LogP contribution is -1.99. The van der Waals surface area contributed by atoms with E-state index in [2.05, 4.69) is 15.9 Å². The molecule has 1 N–H and O–H groups in total. The van der Waals surface area contributed by atoms with E-state index in [0.29, 0.717) is 0 Å². The highest BCUT2D eigenvalue weighted by molar-refractivity contribution is 9.10. The van der Waals surface area contributed by atoms with E-state index < -0.39 is 5.97 Å². The predicted octanol–water partition coefficient (Wildman–Crippen LogP) is 3.10. The van der Waals surface area contributed by atoms with Gasteiger partial charge in [0.1, 0.15) is 0 Å². The minimum atomic E-state index is -0.803. The van der Waals surface area contributed by atoms with E-state index in [1.54, 1.807) is 12.1 Å². The molecule has 0 atom stereocenters. The molecule has 0 unspecified atom stereocenters. The summed E-state index contributed by atoms with van der Waals surface area (Å²) < 4.78 is 0.913. The molecule has 2 nitrogen and oxygen atoms in total. The molecule has 1 rings (SSSR count). The van der Waals surface area contributed by atoms with Gasteiger partial charge in [0.25, 0.3) is 0 Å². The van der Waals surface area contributed by atoms with Crippen LogP contribution >= 0.6 is 15.9 Å². The third-order valence-corrected chi connectivity index (χ3v) is 1.74. The molecule has 3 heteroatoms. The minimum Gasteiger partial charge on any atom is -0.481 e. The standard InChI is InChI=1S/C8H7BrO2.C2H6/c9-7-3-1-2-6(4-7)5-8(10)11;1-2/h1-4H,5H2,(H,10,11);1-2H3. The average Bonchev–Trinajstić information content (AvgIpc) is 2.06. The Bertz CT molecular complexity index is 271. The molecule has 0 aliphatic rings. The molecule has 0 saturated heterocycles. The van der Waals surface area contributed by atoms with Crippen molar-refractivity contribution in [3.63, 3.8) is 0 Å². The van der Waals surface area contributed by atoms with Crippen molar-refractivity contribution in [1.29, 1.82) is 0 Å². The lowest BCUT2D eigenvalue weighted by molar-refractivity contribution is -0.136. The van der Waals surface area contributed by atoms with Crippen molar-refractivity contribution >= 4 is 21.9 Å². The van der Waals surface area contributed by atoms with E-state index in [0.717, 1.165) is 10.0 Å². The second-order valence-electron chi connectivity index (χ2n) is 2.20. The second-order valence-corrected chi connectivity index (χ2v) is 3.12. The Hall–Kier alpha value is -0.830. The minimum absolute atomic E-state index is 0.0828. The van der Waals surface area contributed by atoms with Crippen LogP contribution in [0.25, 0.3) is 0 Å².